The molecule has 2 rings (SSSR count). The van der Waals surface area contributed by atoms with Gasteiger partial charge in [0.05, 0.1) is 6.61 Å². The molecule has 2 aromatic rings. The minimum atomic E-state index is -0.292. The average Bonchev–Trinajstić information content (AvgIpc) is 2.70. The summed E-state index contributed by atoms with van der Waals surface area (Å²) in [6.45, 7) is 8.15. The van der Waals surface area contributed by atoms with Gasteiger partial charge in [-0.2, -0.15) is 0 Å². The molecular weight excluding hydrogens is 356 g/mol. The molecule has 0 bridgehead atoms. The molecule has 0 heterocycles. The van der Waals surface area contributed by atoms with E-state index in [0.717, 1.165) is 31.1 Å². The van der Waals surface area contributed by atoms with Crippen molar-refractivity contribution in [1.82, 2.24) is 0 Å². The first kappa shape index (κ1) is 21.7. The van der Waals surface area contributed by atoms with Gasteiger partial charge in [0.25, 0.3) is 0 Å². The molecule has 0 N–H and O–H groups in total. The van der Waals surface area contributed by atoms with E-state index in [0.29, 0.717) is 47.6 Å². The number of carbonyl (C=O) groups excluding carboxylic acids is 2. The number of hydrogen-bond acceptors (Lipinski definition) is 5. The fourth-order valence-corrected chi connectivity index (χ4v) is 3.00. The molecule has 0 saturated heterocycles. The number of ether oxygens (including phenoxy) is 3. The molecule has 2 aromatic carbocycles. The standard InChI is InChI=1S/C23H30O5/c1-5-8-14-19(24)27-21-16(4)22(26-7-3)23(28-20(25)15-9-6-2)18-13-11-10-12-17(18)21/h10-13H,5-9,14-15H2,1-4H3. The fourth-order valence-electron chi connectivity index (χ4n) is 3.00. The van der Waals surface area contributed by atoms with E-state index in [2.05, 4.69) is 0 Å². The van der Waals surface area contributed by atoms with E-state index >= 15 is 0 Å². The maximum Gasteiger partial charge on any atom is 0.311 e. The van der Waals surface area contributed by atoms with Crippen LogP contribution in [0.25, 0.3) is 10.8 Å². The molecule has 0 unspecified atom stereocenters. The van der Waals surface area contributed by atoms with Gasteiger partial charge in [-0.05, 0) is 26.7 Å². The molecule has 0 atom stereocenters. The predicted molar refractivity (Wildman–Crippen MR) is 110 cm³/mol. The Labute approximate surface area is 167 Å². The first-order valence-corrected chi connectivity index (χ1v) is 10.1. The van der Waals surface area contributed by atoms with Crippen molar-refractivity contribution in [2.45, 2.75) is 66.2 Å². The summed E-state index contributed by atoms with van der Waals surface area (Å²) in [6.07, 6.45) is 4.10. The van der Waals surface area contributed by atoms with E-state index in [4.69, 9.17) is 14.2 Å². The molecule has 28 heavy (non-hydrogen) atoms. The number of fused-ring (bicyclic) bond motifs is 1. The highest BCUT2D eigenvalue weighted by Crippen LogP contribution is 2.46. The molecule has 0 aromatic heterocycles. The number of carbonyl (C=O) groups is 2. The molecule has 0 spiro atoms. The normalized spacial score (nSPS) is 10.7. The SMILES string of the molecule is CCCCC(=O)Oc1c(C)c(OCC)c(OC(=O)CCCC)c2ccccc12. The van der Waals surface area contributed by atoms with Crippen LogP contribution in [0.1, 0.15) is 64.9 Å². The molecule has 5 nitrogen and oxygen atoms in total. The second-order valence-electron chi connectivity index (χ2n) is 6.75. The number of unbranched alkanes of at least 4 members (excludes halogenated alkanes) is 2. The lowest BCUT2D eigenvalue weighted by Crippen LogP contribution is -2.12. The van der Waals surface area contributed by atoms with Crippen molar-refractivity contribution in [3.8, 4) is 17.2 Å². The van der Waals surface area contributed by atoms with Gasteiger partial charge < -0.3 is 14.2 Å². The van der Waals surface area contributed by atoms with Crippen molar-refractivity contribution >= 4 is 22.7 Å². The zero-order valence-corrected chi connectivity index (χ0v) is 17.3. The Kier molecular flexibility index (Phi) is 8.30. The third-order valence-corrected chi connectivity index (χ3v) is 4.49. The van der Waals surface area contributed by atoms with Crippen molar-refractivity contribution < 1.29 is 23.8 Å². The Morgan fingerprint density at radius 2 is 1.29 bits per heavy atom. The van der Waals surface area contributed by atoms with Crippen molar-refractivity contribution in [2.75, 3.05) is 6.61 Å². The van der Waals surface area contributed by atoms with Crippen LogP contribution >= 0.6 is 0 Å². The van der Waals surface area contributed by atoms with E-state index < -0.39 is 0 Å². The third kappa shape index (κ3) is 5.24. The fraction of sp³-hybridized carbons (Fsp3) is 0.478. The molecule has 0 aliphatic carbocycles. The Morgan fingerprint density at radius 3 is 1.79 bits per heavy atom. The largest absolute Gasteiger partial charge is 0.490 e. The Hall–Kier alpha value is -2.56. The summed E-state index contributed by atoms with van der Waals surface area (Å²) >= 11 is 0. The van der Waals surface area contributed by atoms with E-state index in [9.17, 15) is 9.59 Å². The minimum absolute atomic E-state index is 0.273. The van der Waals surface area contributed by atoms with E-state index in [1.54, 1.807) is 0 Å². The third-order valence-electron chi connectivity index (χ3n) is 4.49. The van der Waals surface area contributed by atoms with Gasteiger partial charge in [0.1, 0.15) is 5.75 Å². The second kappa shape index (κ2) is 10.7. The predicted octanol–water partition coefficient (Wildman–Crippen LogP) is 5.74. The van der Waals surface area contributed by atoms with Crippen LogP contribution in [-0.2, 0) is 9.59 Å². The molecule has 152 valence electrons. The average molecular weight is 386 g/mol. The van der Waals surface area contributed by atoms with Gasteiger partial charge in [-0.3, -0.25) is 9.59 Å². The maximum atomic E-state index is 12.3. The van der Waals surface area contributed by atoms with Gasteiger partial charge in [-0.25, -0.2) is 0 Å². The Morgan fingerprint density at radius 1 is 0.786 bits per heavy atom. The van der Waals surface area contributed by atoms with Crippen LogP contribution in [-0.4, -0.2) is 18.5 Å². The summed E-state index contributed by atoms with van der Waals surface area (Å²) in [5, 5.41) is 1.42. The van der Waals surface area contributed by atoms with Crippen LogP contribution < -0.4 is 14.2 Å². The van der Waals surface area contributed by atoms with Crippen LogP contribution in [0.4, 0.5) is 0 Å². The molecule has 0 aliphatic heterocycles. The molecular formula is C23H30O5. The Bertz CT molecular complexity index is 825. The summed E-state index contributed by atoms with van der Waals surface area (Å²) in [6, 6.07) is 7.45. The van der Waals surface area contributed by atoms with Crippen LogP contribution in [0.15, 0.2) is 24.3 Å². The quantitative estimate of drug-likeness (QED) is 0.385. The van der Waals surface area contributed by atoms with Gasteiger partial charge in [-0.15, -0.1) is 0 Å². The molecule has 0 aliphatic rings. The topological polar surface area (TPSA) is 61.8 Å². The zero-order valence-electron chi connectivity index (χ0n) is 17.3. The monoisotopic (exact) mass is 386 g/mol. The minimum Gasteiger partial charge on any atom is -0.490 e. The molecule has 0 amide bonds. The smallest absolute Gasteiger partial charge is 0.311 e. The lowest BCUT2D eigenvalue weighted by molar-refractivity contribution is -0.135. The second-order valence-corrected chi connectivity index (χ2v) is 6.75. The summed E-state index contributed by atoms with van der Waals surface area (Å²) < 4.78 is 17.2. The van der Waals surface area contributed by atoms with Crippen molar-refractivity contribution in [2.24, 2.45) is 0 Å². The van der Waals surface area contributed by atoms with E-state index in [-0.39, 0.29) is 11.9 Å². The summed E-state index contributed by atoms with van der Waals surface area (Å²) in [5.74, 6) is 0.743. The molecule has 5 heteroatoms. The van der Waals surface area contributed by atoms with E-state index in [1.165, 1.54) is 0 Å². The number of rotatable bonds is 10. The van der Waals surface area contributed by atoms with Crippen molar-refractivity contribution in [3.05, 3.63) is 29.8 Å². The van der Waals surface area contributed by atoms with Crippen molar-refractivity contribution in [1.29, 1.82) is 0 Å². The summed E-state index contributed by atoms with van der Waals surface area (Å²) in [4.78, 5) is 24.6. The summed E-state index contributed by atoms with van der Waals surface area (Å²) in [7, 11) is 0. The van der Waals surface area contributed by atoms with Crippen LogP contribution in [0.5, 0.6) is 17.2 Å². The first-order valence-electron chi connectivity index (χ1n) is 10.1. The van der Waals surface area contributed by atoms with Gasteiger partial charge in [0.2, 0.25) is 0 Å². The lowest BCUT2D eigenvalue weighted by atomic mass is 10.0. The molecule has 0 fully saturated rings. The number of hydrogen-bond donors (Lipinski definition) is 0. The lowest BCUT2D eigenvalue weighted by Gasteiger charge is -2.19. The molecule has 0 saturated carbocycles. The highest BCUT2D eigenvalue weighted by atomic mass is 16.6. The van der Waals surface area contributed by atoms with Gasteiger partial charge in [0, 0.05) is 29.2 Å². The van der Waals surface area contributed by atoms with E-state index in [1.807, 2.05) is 52.0 Å². The van der Waals surface area contributed by atoms with Gasteiger partial charge >= 0.3 is 11.9 Å². The van der Waals surface area contributed by atoms with Gasteiger partial charge in [0.15, 0.2) is 11.5 Å². The number of benzene rings is 2. The highest BCUT2D eigenvalue weighted by molar-refractivity contribution is 5.99. The van der Waals surface area contributed by atoms with Crippen LogP contribution in [0, 0.1) is 6.92 Å². The van der Waals surface area contributed by atoms with Crippen molar-refractivity contribution in [3.63, 3.8) is 0 Å². The zero-order chi connectivity index (χ0) is 20.5. The first-order chi connectivity index (χ1) is 13.5. The maximum absolute atomic E-state index is 12.3. The molecule has 0 radical (unpaired) electrons. The van der Waals surface area contributed by atoms with Crippen LogP contribution in [0.3, 0.4) is 0 Å². The Balaban J connectivity index is 2.54. The van der Waals surface area contributed by atoms with Crippen LogP contribution in [0.2, 0.25) is 0 Å². The number of esters is 2. The van der Waals surface area contributed by atoms with Gasteiger partial charge in [-0.1, -0.05) is 51.0 Å². The highest BCUT2D eigenvalue weighted by Gasteiger charge is 2.23. The summed E-state index contributed by atoms with van der Waals surface area (Å²) in [5.41, 5.74) is 0.656.